The molecule has 1 heterocycles. The maximum atomic E-state index is 14.0. The Labute approximate surface area is 232 Å². The average molecular weight is 612 g/mol. The molecule has 0 aliphatic rings. The fourth-order valence-electron chi connectivity index (χ4n) is 4.08. The van der Waals surface area contributed by atoms with Crippen LogP contribution in [0, 0.1) is 12.8 Å². The minimum atomic E-state index is -4.28. The number of carbonyl (C=O) groups excluding carboxylic acids is 2. The summed E-state index contributed by atoms with van der Waals surface area (Å²) in [5.41, 5.74) is 1.12. The highest BCUT2D eigenvalue weighted by Gasteiger charge is 2.35. The molecule has 208 valence electrons. The van der Waals surface area contributed by atoms with Crippen LogP contribution in [0.2, 0.25) is 0 Å². The Hall–Kier alpha value is -2.76. The Morgan fingerprint density at radius 2 is 1.74 bits per heavy atom. The van der Waals surface area contributed by atoms with E-state index < -0.39 is 45.9 Å². The van der Waals surface area contributed by atoms with Gasteiger partial charge in [-0.1, -0.05) is 62.6 Å². The molecule has 0 N–H and O–H groups in total. The number of aromatic nitrogens is 1. The normalized spacial score (nSPS) is 12.4. The number of halogens is 1. The van der Waals surface area contributed by atoms with Crippen LogP contribution < -0.4 is 5.56 Å². The lowest BCUT2D eigenvalue weighted by atomic mass is 10.0. The number of aryl methyl sites for hydroxylation is 1. The summed E-state index contributed by atoms with van der Waals surface area (Å²) in [6.07, 6.45) is 2.81. The van der Waals surface area contributed by atoms with Gasteiger partial charge < -0.3 is 14.0 Å². The second kappa shape index (κ2) is 13.9. The van der Waals surface area contributed by atoms with E-state index in [0.717, 1.165) is 29.8 Å². The predicted octanol–water partition coefficient (Wildman–Crippen LogP) is 4.37. The Bertz CT molecular complexity index is 1320. The van der Waals surface area contributed by atoms with E-state index in [4.69, 9.17) is 9.47 Å². The Balaban J connectivity index is 2.78. The summed E-state index contributed by atoms with van der Waals surface area (Å²) in [6.45, 7) is 8.75. The number of benzene rings is 1. The van der Waals surface area contributed by atoms with Crippen molar-refractivity contribution in [2.75, 3.05) is 20.8 Å². The monoisotopic (exact) mass is 610 g/mol. The minimum absolute atomic E-state index is 0.0143. The number of pyridine rings is 1. The van der Waals surface area contributed by atoms with Crippen molar-refractivity contribution in [2.45, 2.75) is 52.0 Å². The van der Waals surface area contributed by atoms with E-state index in [1.165, 1.54) is 23.8 Å². The van der Waals surface area contributed by atoms with Crippen molar-refractivity contribution < 1.29 is 27.5 Å². The van der Waals surface area contributed by atoms with Gasteiger partial charge in [-0.05, 0) is 40.4 Å². The quantitative estimate of drug-likeness (QED) is 0.244. The van der Waals surface area contributed by atoms with E-state index in [1.54, 1.807) is 24.3 Å². The van der Waals surface area contributed by atoms with E-state index in [-0.39, 0.29) is 28.2 Å². The van der Waals surface area contributed by atoms with Crippen LogP contribution in [0.1, 0.15) is 59.1 Å². The number of nitrogens with zero attached hydrogens (tertiary/aromatic N) is 2. The van der Waals surface area contributed by atoms with Crippen molar-refractivity contribution in [1.82, 2.24) is 8.87 Å². The van der Waals surface area contributed by atoms with Gasteiger partial charge >= 0.3 is 11.9 Å². The van der Waals surface area contributed by atoms with Crippen molar-refractivity contribution in [3.05, 3.63) is 80.2 Å². The number of methoxy groups -OCH3 is 2. The topological polar surface area (TPSA) is 112 Å². The van der Waals surface area contributed by atoms with Crippen molar-refractivity contribution in [3.8, 4) is 0 Å². The highest BCUT2D eigenvalue weighted by atomic mass is 79.9. The van der Waals surface area contributed by atoms with Gasteiger partial charge in [0.05, 0.1) is 36.5 Å². The largest absolute Gasteiger partial charge is 0.468 e. The van der Waals surface area contributed by atoms with Crippen LogP contribution in [0.15, 0.2) is 52.3 Å². The summed E-state index contributed by atoms with van der Waals surface area (Å²) < 4.78 is 40.2. The lowest BCUT2D eigenvalue weighted by molar-refractivity contribution is -0.140. The van der Waals surface area contributed by atoms with Gasteiger partial charge in [0.1, 0.15) is 11.8 Å². The molecule has 2 rings (SSSR count). The zero-order valence-electron chi connectivity index (χ0n) is 22.4. The summed E-state index contributed by atoms with van der Waals surface area (Å²) in [7, 11) is -1.92. The van der Waals surface area contributed by atoms with Gasteiger partial charge in [-0.15, -0.1) is 6.58 Å². The fourth-order valence-corrected chi connectivity index (χ4v) is 6.18. The standard InChI is InChI=1S/C27H35BrN2O7S/c1-7-19(8-2)15-30-23(21(27(33)37-6)14-22(28)26(30)32)16-29(17-25(31)36-5)38(34,35)24(9-3)20-12-10-18(4)11-13-20/h9-14,19,24H,3,7-8,15-17H2,1-2,4-6H3. The first kappa shape index (κ1) is 31.5. The van der Waals surface area contributed by atoms with Gasteiger partial charge in [0.25, 0.3) is 5.56 Å². The average Bonchev–Trinajstić information content (AvgIpc) is 2.90. The molecule has 0 radical (unpaired) electrons. The molecule has 2 aromatic rings. The van der Waals surface area contributed by atoms with Crippen LogP contribution in [0.4, 0.5) is 0 Å². The van der Waals surface area contributed by atoms with Gasteiger partial charge in [0.2, 0.25) is 10.0 Å². The zero-order valence-corrected chi connectivity index (χ0v) is 24.8. The van der Waals surface area contributed by atoms with Crippen LogP contribution in [-0.4, -0.2) is 50.0 Å². The minimum Gasteiger partial charge on any atom is -0.468 e. The van der Waals surface area contributed by atoms with Crippen LogP contribution in [0.5, 0.6) is 0 Å². The third-order valence-corrected chi connectivity index (χ3v) is 9.17. The van der Waals surface area contributed by atoms with Crippen molar-refractivity contribution in [3.63, 3.8) is 0 Å². The molecular weight excluding hydrogens is 576 g/mol. The molecule has 9 nitrogen and oxygen atoms in total. The summed E-state index contributed by atoms with van der Waals surface area (Å²) in [5.74, 6) is -1.45. The molecule has 0 aliphatic carbocycles. The molecule has 0 aliphatic heterocycles. The molecule has 1 atom stereocenters. The van der Waals surface area contributed by atoms with Crippen LogP contribution >= 0.6 is 15.9 Å². The van der Waals surface area contributed by atoms with E-state index in [0.29, 0.717) is 5.56 Å². The van der Waals surface area contributed by atoms with Crippen LogP contribution in [-0.2, 0) is 37.4 Å². The first-order chi connectivity index (χ1) is 17.9. The maximum Gasteiger partial charge on any atom is 0.339 e. The first-order valence-corrected chi connectivity index (χ1v) is 14.5. The molecule has 0 amide bonds. The van der Waals surface area contributed by atoms with Crippen LogP contribution in [0.3, 0.4) is 0 Å². The van der Waals surface area contributed by atoms with Gasteiger partial charge in [-0.25, -0.2) is 13.2 Å². The molecule has 0 saturated carbocycles. The molecule has 0 fully saturated rings. The Kier molecular flexibility index (Phi) is 11.5. The van der Waals surface area contributed by atoms with Crippen molar-refractivity contribution in [1.29, 1.82) is 0 Å². The molecule has 1 unspecified atom stereocenters. The predicted molar refractivity (Wildman–Crippen MR) is 149 cm³/mol. The molecule has 0 saturated heterocycles. The summed E-state index contributed by atoms with van der Waals surface area (Å²) in [6, 6.07) is 8.24. The van der Waals surface area contributed by atoms with Gasteiger partial charge in [-0.3, -0.25) is 9.59 Å². The van der Waals surface area contributed by atoms with Crippen molar-refractivity contribution >= 4 is 37.9 Å². The number of hydrogen-bond acceptors (Lipinski definition) is 7. The summed E-state index contributed by atoms with van der Waals surface area (Å²) >= 11 is 3.23. The zero-order chi connectivity index (χ0) is 28.6. The number of esters is 2. The van der Waals surface area contributed by atoms with E-state index >= 15 is 0 Å². The molecule has 11 heteroatoms. The molecular formula is C27H35BrN2O7S. The third kappa shape index (κ3) is 7.21. The second-order valence-electron chi connectivity index (χ2n) is 8.90. The smallest absolute Gasteiger partial charge is 0.339 e. The number of hydrogen-bond donors (Lipinski definition) is 0. The van der Waals surface area contributed by atoms with Gasteiger partial charge in [-0.2, -0.15) is 4.31 Å². The number of ether oxygens (including phenoxy) is 2. The molecule has 1 aromatic carbocycles. The van der Waals surface area contributed by atoms with E-state index in [9.17, 15) is 22.8 Å². The molecule has 38 heavy (non-hydrogen) atoms. The number of rotatable bonds is 13. The second-order valence-corrected chi connectivity index (χ2v) is 11.8. The summed E-state index contributed by atoms with van der Waals surface area (Å²) in [5, 5.41) is -1.19. The first-order valence-electron chi connectivity index (χ1n) is 12.2. The molecule has 0 spiro atoms. The van der Waals surface area contributed by atoms with Gasteiger partial charge in [0, 0.05) is 6.54 Å². The fraction of sp³-hybridized carbons (Fsp3) is 0.444. The summed E-state index contributed by atoms with van der Waals surface area (Å²) in [4.78, 5) is 38.4. The molecule has 0 bridgehead atoms. The third-order valence-electron chi connectivity index (χ3n) is 6.52. The highest BCUT2D eigenvalue weighted by Crippen LogP contribution is 2.29. The van der Waals surface area contributed by atoms with Crippen molar-refractivity contribution in [2.24, 2.45) is 5.92 Å². The molecule has 1 aromatic heterocycles. The lowest BCUT2D eigenvalue weighted by Gasteiger charge is -2.28. The lowest BCUT2D eigenvalue weighted by Crippen LogP contribution is -2.41. The number of sulfonamides is 1. The van der Waals surface area contributed by atoms with Crippen LogP contribution in [0.25, 0.3) is 0 Å². The SMILES string of the molecule is C=CC(c1ccc(C)cc1)S(=O)(=O)N(CC(=O)OC)Cc1c(C(=O)OC)cc(Br)c(=O)n1CC(CC)CC. The number of carbonyl (C=O) groups is 2. The Morgan fingerprint density at radius 3 is 2.24 bits per heavy atom. The van der Waals surface area contributed by atoms with Gasteiger partial charge in [0.15, 0.2) is 0 Å². The maximum absolute atomic E-state index is 14.0. The van der Waals surface area contributed by atoms with E-state index in [1.807, 2.05) is 20.8 Å². The highest BCUT2D eigenvalue weighted by molar-refractivity contribution is 9.10. The Morgan fingerprint density at radius 1 is 1.13 bits per heavy atom. The van der Waals surface area contributed by atoms with E-state index in [2.05, 4.69) is 22.5 Å².